The molecule has 1 aromatic carbocycles. The van der Waals surface area contributed by atoms with Crippen LogP contribution in [0.5, 0.6) is 0 Å². The van der Waals surface area contributed by atoms with Gasteiger partial charge >= 0.3 is 6.03 Å². The zero-order valence-corrected chi connectivity index (χ0v) is 16.1. The lowest BCUT2D eigenvalue weighted by atomic mass is 10.1. The van der Waals surface area contributed by atoms with E-state index in [9.17, 15) is 9.59 Å². The van der Waals surface area contributed by atoms with Gasteiger partial charge in [0.05, 0.1) is 0 Å². The van der Waals surface area contributed by atoms with Gasteiger partial charge in [-0.25, -0.2) is 4.79 Å². The third-order valence-corrected chi connectivity index (χ3v) is 5.34. The molecular formula is C20H30N4O3. The van der Waals surface area contributed by atoms with Gasteiger partial charge in [0.1, 0.15) is 13.3 Å². The van der Waals surface area contributed by atoms with Crippen molar-refractivity contribution >= 4 is 11.9 Å². The predicted molar refractivity (Wildman–Crippen MR) is 103 cm³/mol. The quantitative estimate of drug-likeness (QED) is 0.855. The summed E-state index contributed by atoms with van der Waals surface area (Å²) in [4.78, 5) is 30.5. The van der Waals surface area contributed by atoms with Crippen molar-refractivity contribution in [3.05, 3.63) is 35.9 Å². The first-order chi connectivity index (χ1) is 13.1. The molecule has 0 saturated carbocycles. The van der Waals surface area contributed by atoms with E-state index in [0.717, 1.165) is 25.9 Å². The van der Waals surface area contributed by atoms with E-state index in [2.05, 4.69) is 41.4 Å². The number of benzene rings is 1. The van der Waals surface area contributed by atoms with Gasteiger partial charge in [0, 0.05) is 45.3 Å². The summed E-state index contributed by atoms with van der Waals surface area (Å²) in [5, 5.41) is 2.81. The van der Waals surface area contributed by atoms with Gasteiger partial charge in [-0.3, -0.25) is 9.69 Å². The molecule has 148 valence electrons. The normalized spacial score (nSPS) is 21.4. The Bertz CT molecular complexity index is 617. The number of nitrogens with zero attached hydrogens (tertiary/aromatic N) is 3. The summed E-state index contributed by atoms with van der Waals surface area (Å²) in [6.45, 7) is 6.85. The van der Waals surface area contributed by atoms with E-state index < -0.39 is 0 Å². The molecule has 2 aliphatic rings. The van der Waals surface area contributed by atoms with Crippen LogP contribution in [0, 0.1) is 0 Å². The molecule has 1 unspecified atom stereocenters. The van der Waals surface area contributed by atoms with Crippen LogP contribution in [0.15, 0.2) is 30.3 Å². The molecule has 27 heavy (non-hydrogen) atoms. The molecule has 1 N–H and O–H groups in total. The average Bonchev–Trinajstić information content (AvgIpc) is 2.72. The lowest BCUT2D eigenvalue weighted by Crippen LogP contribution is -2.54. The number of ether oxygens (including phenoxy) is 1. The maximum Gasteiger partial charge on any atom is 0.321 e. The number of hydrogen-bond acceptors (Lipinski definition) is 4. The number of piperazine rings is 1. The molecule has 7 nitrogen and oxygen atoms in total. The average molecular weight is 374 g/mol. The molecule has 0 aliphatic carbocycles. The van der Waals surface area contributed by atoms with Gasteiger partial charge in [-0.15, -0.1) is 0 Å². The standard InChI is InChI=1S/C20H30N4O3/c1-17(18-7-3-2-4-8-18)22-11-13-23(14-12-22)20(26)24-10-6-5-9-21-19(25)15-27-16-24/h2-4,7-8,17H,5-6,9-16H2,1H3,(H,21,25). The fraction of sp³-hybridized carbons (Fsp3) is 0.600. The molecule has 2 heterocycles. The monoisotopic (exact) mass is 374 g/mol. The Labute approximate surface area is 161 Å². The van der Waals surface area contributed by atoms with Crippen LogP contribution in [0.25, 0.3) is 0 Å². The highest BCUT2D eigenvalue weighted by Gasteiger charge is 2.27. The molecule has 2 aliphatic heterocycles. The van der Waals surface area contributed by atoms with Crippen molar-refractivity contribution in [3.8, 4) is 0 Å². The van der Waals surface area contributed by atoms with Crippen LogP contribution in [0.4, 0.5) is 4.79 Å². The summed E-state index contributed by atoms with van der Waals surface area (Å²) < 4.78 is 5.42. The first kappa shape index (κ1) is 19.6. The van der Waals surface area contributed by atoms with Gasteiger partial charge in [-0.05, 0) is 25.3 Å². The third kappa shape index (κ3) is 5.43. The fourth-order valence-electron chi connectivity index (χ4n) is 3.61. The van der Waals surface area contributed by atoms with Crippen LogP contribution in [0.1, 0.15) is 31.4 Å². The van der Waals surface area contributed by atoms with E-state index in [0.29, 0.717) is 32.2 Å². The smallest absolute Gasteiger partial charge is 0.321 e. The summed E-state index contributed by atoms with van der Waals surface area (Å²) >= 11 is 0. The topological polar surface area (TPSA) is 65.1 Å². The van der Waals surface area contributed by atoms with E-state index in [1.165, 1.54) is 5.56 Å². The third-order valence-electron chi connectivity index (χ3n) is 5.34. The van der Waals surface area contributed by atoms with E-state index in [4.69, 9.17) is 4.74 Å². The number of urea groups is 1. The summed E-state index contributed by atoms with van der Waals surface area (Å²) in [5.74, 6) is -0.118. The molecule has 0 bridgehead atoms. The maximum atomic E-state index is 12.9. The highest BCUT2D eigenvalue weighted by Crippen LogP contribution is 2.21. The lowest BCUT2D eigenvalue weighted by molar-refractivity contribution is -0.127. The minimum atomic E-state index is -0.118. The molecule has 0 radical (unpaired) electrons. The number of carbonyl (C=O) groups excluding carboxylic acids is 2. The van der Waals surface area contributed by atoms with Crippen molar-refractivity contribution in [1.82, 2.24) is 20.0 Å². The minimum Gasteiger partial charge on any atom is -0.354 e. The zero-order valence-electron chi connectivity index (χ0n) is 16.1. The first-order valence-electron chi connectivity index (χ1n) is 9.82. The second kappa shape index (κ2) is 9.71. The molecule has 1 aromatic rings. The lowest BCUT2D eigenvalue weighted by Gasteiger charge is -2.40. The summed E-state index contributed by atoms with van der Waals surface area (Å²) in [6.07, 6.45) is 1.73. The second-order valence-corrected chi connectivity index (χ2v) is 7.19. The van der Waals surface area contributed by atoms with Gasteiger partial charge in [0.15, 0.2) is 0 Å². The van der Waals surface area contributed by atoms with Crippen LogP contribution < -0.4 is 5.32 Å². The molecular weight excluding hydrogens is 344 g/mol. The Hall–Kier alpha value is -2.12. The summed E-state index contributed by atoms with van der Waals surface area (Å²) in [5.41, 5.74) is 1.31. The number of hydrogen-bond donors (Lipinski definition) is 1. The van der Waals surface area contributed by atoms with Gasteiger partial charge in [0.2, 0.25) is 5.91 Å². The first-order valence-corrected chi connectivity index (χ1v) is 9.82. The Morgan fingerprint density at radius 3 is 2.52 bits per heavy atom. The van der Waals surface area contributed by atoms with Gasteiger partial charge in [-0.2, -0.15) is 0 Å². The molecule has 0 spiro atoms. The second-order valence-electron chi connectivity index (χ2n) is 7.19. The van der Waals surface area contributed by atoms with Crippen molar-refractivity contribution in [2.75, 3.05) is 52.6 Å². The van der Waals surface area contributed by atoms with Gasteiger partial charge in [0.25, 0.3) is 0 Å². The van der Waals surface area contributed by atoms with E-state index in [1.807, 2.05) is 11.0 Å². The van der Waals surface area contributed by atoms with Crippen molar-refractivity contribution < 1.29 is 14.3 Å². The Morgan fingerprint density at radius 2 is 1.78 bits per heavy atom. The zero-order chi connectivity index (χ0) is 19.1. The molecule has 2 fully saturated rings. The van der Waals surface area contributed by atoms with Crippen LogP contribution in [-0.4, -0.2) is 79.2 Å². The maximum absolute atomic E-state index is 12.9. The van der Waals surface area contributed by atoms with Crippen LogP contribution in [0.2, 0.25) is 0 Å². The SMILES string of the molecule is CC(c1ccccc1)N1CCN(C(=O)N2CCCCNC(=O)COC2)CC1. The van der Waals surface area contributed by atoms with E-state index in [1.54, 1.807) is 4.90 Å². The molecule has 3 amide bonds. The number of rotatable bonds is 2. The highest BCUT2D eigenvalue weighted by molar-refractivity contribution is 5.77. The molecule has 0 aromatic heterocycles. The number of carbonyl (C=O) groups is 2. The van der Waals surface area contributed by atoms with Crippen molar-refractivity contribution in [3.63, 3.8) is 0 Å². The minimum absolute atomic E-state index is 0.00610. The predicted octanol–water partition coefficient (Wildman–Crippen LogP) is 1.67. The van der Waals surface area contributed by atoms with Crippen LogP contribution in [0.3, 0.4) is 0 Å². The fourth-order valence-corrected chi connectivity index (χ4v) is 3.61. The van der Waals surface area contributed by atoms with Crippen molar-refractivity contribution in [2.45, 2.75) is 25.8 Å². The Morgan fingerprint density at radius 1 is 1.04 bits per heavy atom. The summed E-state index contributed by atoms with van der Waals surface area (Å²) in [7, 11) is 0. The molecule has 2 saturated heterocycles. The van der Waals surface area contributed by atoms with Crippen molar-refractivity contribution in [1.29, 1.82) is 0 Å². The molecule has 3 rings (SSSR count). The van der Waals surface area contributed by atoms with Gasteiger partial charge < -0.3 is 19.9 Å². The van der Waals surface area contributed by atoms with Crippen LogP contribution >= 0.6 is 0 Å². The van der Waals surface area contributed by atoms with E-state index in [-0.39, 0.29) is 25.3 Å². The number of nitrogens with one attached hydrogen (secondary N) is 1. The Balaban J connectivity index is 1.51. The van der Waals surface area contributed by atoms with Gasteiger partial charge in [-0.1, -0.05) is 30.3 Å². The molecule has 7 heteroatoms. The summed E-state index contributed by atoms with van der Waals surface area (Å²) in [6, 6.07) is 10.8. The van der Waals surface area contributed by atoms with Crippen LogP contribution in [-0.2, 0) is 9.53 Å². The highest BCUT2D eigenvalue weighted by atomic mass is 16.5. The number of amides is 3. The Kier molecular flexibility index (Phi) is 7.06. The largest absolute Gasteiger partial charge is 0.354 e. The van der Waals surface area contributed by atoms with Crippen molar-refractivity contribution in [2.24, 2.45) is 0 Å². The van der Waals surface area contributed by atoms with E-state index >= 15 is 0 Å². The molecule has 1 atom stereocenters.